The second-order valence-electron chi connectivity index (χ2n) is 5.02. The Morgan fingerprint density at radius 3 is 2.75 bits per heavy atom. The highest BCUT2D eigenvalue weighted by Crippen LogP contribution is 2.21. The number of halogens is 3. The lowest BCUT2D eigenvalue weighted by molar-refractivity contribution is -0.153. The highest BCUT2D eigenvalue weighted by Gasteiger charge is 2.28. The van der Waals surface area contributed by atoms with E-state index in [0.717, 1.165) is 17.0 Å². The molecule has 0 spiro atoms. The van der Waals surface area contributed by atoms with Gasteiger partial charge in [0, 0.05) is 35.8 Å². The Labute approximate surface area is 139 Å². The van der Waals surface area contributed by atoms with Crippen molar-refractivity contribution in [2.45, 2.75) is 26.1 Å². The van der Waals surface area contributed by atoms with Crippen LogP contribution >= 0.6 is 11.3 Å². The van der Waals surface area contributed by atoms with E-state index in [9.17, 15) is 22.8 Å². The number of aryl methyl sites for hydroxylation is 1. The highest BCUT2D eigenvalue weighted by atomic mass is 32.1. The predicted octanol–water partition coefficient (Wildman–Crippen LogP) is 3.19. The maximum absolute atomic E-state index is 12.1. The van der Waals surface area contributed by atoms with E-state index in [-0.39, 0.29) is 29.5 Å². The summed E-state index contributed by atoms with van der Waals surface area (Å²) in [5.41, 5.74) is 1.11. The van der Waals surface area contributed by atoms with Gasteiger partial charge in [0.25, 0.3) is 0 Å². The number of amides is 1. The number of anilines is 1. The summed E-state index contributed by atoms with van der Waals surface area (Å²) < 4.78 is 42.5. The SMILES string of the molecule is Cc1csc(=O)n1CCC(=O)Nc1cccc(OCC(F)(F)F)c1. The van der Waals surface area contributed by atoms with Crippen LogP contribution in [-0.2, 0) is 11.3 Å². The van der Waals surface area contributed by atoms with Gasteiger partial charge in [-0.1, -0.05) is 17.4 Å². The van der Waals surface area contributed by atoms with Gasteiger partial charge in [-0.05, 0) is 19.1 Å². The fraction of sp³-hybridized carbons (Fsp3) is 0.333. The third-order valence-electron chi connectivity index (χ3n) is 3.06. The van der Waals surface area contributed by atoms with Crippen LogP contribution in [0.3, 0.4) is 0 Å². The minimum absolute atomic E-state index is 0.00928. The standard InChI is InChI=1S/C15H15F3N2O3S/c1-10-8-24-14(22)20(10)6-5-13(21)19-11-3-2-4-12(7-11)23-9-15(16,17)18/h2-4,7-8H,5-6,9H2,1H3,(H,19,21). The Bertz CT molecular complexity index is 768. The Hall–Kier alpha value is -2.29. The van der Waals surface area contributed by atoms with Gasteiger partial charge in [-0.2, -0.15) is 13.2 Å². The van der Waals surface area contributed by atoms with Crippen LogP contribution in [0.4, 0.5) is 18.9 Å². The van der Waals surface area contributed by atoms with Crippen LogP contribution < -0.4 is 14.9 Å². The number of carbonyl (C=O) groups excluding carboxylic acids is 1. The second-order valence-corrected chi connectivity index (χ2v) is 5.85. The fourth-order valence-electron chi connectivity index (χ4n) is 1.94. The fourth-order valence-corrected chi connectivity index (χ4v) is 2.70. The number of thiazole rings is 1. The molecule has 1 aromatic heterocycles. The molecule has 0 aliphatic carbocycles. The number of hydrogen-bond donors (Lipinski definition) is 1. The summed E-state index contributed by atoms with van der Waals surface area (Å²) in [6, 6.07) is 5.70. The van der Waals surface area contributed by atoms with Gasteiger partial charge in [0.05, 0.1) is 0 Å². The van der Waals surface area contributed by atoms with Crippen LogP contribution in [0.5, 0.6) is 5.75 Å². The lowest BCUT2D eigenvalue weighted by Crippen LogP contribution is -2.20. The van der Waals surface area contributed by atoms with Gasteiger partial charge in [0.1, 0.15) is 5.75 Å². The molecule has 9 heteroatoms. The third-order valence-corrected chi connectivity index (χ3v) is 3.94. The molecule has 1 aromatic carbocycles. The normalized spacial score (nSPS) is 11.3. The van der Waals surface area contributed by atoms with E-state index >= 15 is 0 Å². The van der Waals surface area contributed by atoms with Crippen LogP contribution in [0.15, 0.2) is 34.4 Å². The Kier molecular flexibility index (Phi) is 5.66. The molecule has 0 bridgehead atoms. The number of carbonyl (C=O) groups is 1. The van der Waals surface area contributed by atoms with Gasteiger partial charge in [-0.3, -0.25) is 9.59 Å². The molecule has 130 valence electrons. The molecule has 0 saturated carbocycles. The Balaban J connectivity index is 1.91. The maximum atomic E-state index is 12.1. The minimum atomic E-state index is -4.43. The van der Waals surface area contributed by atoms with Crippen LogP contribution in [0.2, 0.25) is 0 Å². The zero-order valence-corrected chi connectivity index (χ0v) is 13.5. The molecule has 0 unspecified atom stereocenters. The Morgan fingerprint density at radius 1 is 1.38 bits per heavy atom. The summed E-state index contributed by atoms with van der Waals surface area (Å²) in [5.74, 6) is -0.338. The summed E-state index contributed by atoms with van der Waals surface area (Å²) in [6.45, 7) is 0.617. The topological polar surface area (TPSA) is 60.3 Å². The van der Waals surface area contributed by atoms with E-state index in [2.05, 4.69) is 10.1 Å². The third kappa shape index (κ3) is 5.41. The predicted molar refractivity (Wildman–Crippen MR) is 84.6 cm³/mol. The average molecular weight is 360 g/mol. The first-order valence-corrected chi connectivity index (χ1v) is 7.87. The number of aromatic nitrogens is 1. The summed E-state index contributed by atoms with van der Waals surface area (Å²) >= 11 is 1.06. The molecule has 2 aromatic rings. The van der Waals surface area contributed by atoms with Gasteiger partial charge in [0.15, 0.2) is 6.61 Å². The molecule has 24 heavy (non-hydrogen) atoms. The summed E-state index contributed by atoms with van der Waals surface area (Å²) in [7, 11) is 0. The number of nitrogens with one attached hydrogen (secondary N) is 1. The lowest BCUT2D eigenvalue weighted by Gasteiger charge is -2.11. The molecule has 0 fully saturated rings. The van der Waals surface area contributed by atoms with Crippen LogP contribution in [0.25, 0.3) is 0 Å². The molecule has 1 heterocycles. The molecule has 1 N–H and O–H groups in total. The number of benzene rings is 1. The molecule has 0 radical (unpaired) electrons. The van der Waals surface area contributed by atoms with Crippen molar-refractivity contribution in [3.8, 4) is 5.75 Å². The zero-order chi connectivity index (χ0) is 17.7. The van der Waals surface area contributed by atoms with Crippen molar-refractivity contribution < 1.29 is 22.7 Å². The van der Waals surface area contributed by atoms with Crippen LogP contribution in [0.1, 0.15) is 12.1 Å². The van der Waals surface area contributed by atoms with Gasteiger partial charge < -0.3 is 14.6 Å². The number of ether oxygens (including phenoxy) is 1. The first-order chi connectivity index (χ1) is 11.2. The molecule has 0 saturated heterocycles. The molecule has 1 amide bonds. The van der Waals surface area contributed by atoms with E-state index < -0.39 is 12.8 Å². The highest BCUT2D eigenvalue weighted by molar-refractivity contribution is 7.07. The zero-order valence-electron chi connectivity index (χ0n) is 12.7. The van der Waals surface area contributed by atoms with E-state index in [1.165, 1.54) is 22.8 Å². The van der Waals surface area contributed by atoms with Crippen molar-refractivity contribution >= 4 is 22.9 Å². The van der Waals surface area contributed by atoms with Gasteiger partial charge in [-0.25, -0.2) is 0 Å². The monoisotopic (exact) mass is 360 g/mol. The average Bonchev–Trinajstić information content (AvgIpc) is 2.82. The van der Waals surface area contributed by atoms with Crippen molar-refractivity contribution in [2.75, 3.05) is 11.9 Å². The van der Waals surface area contributed by atoms with Crippen molar-refractivity contribution in [1.29, 1.82) is 0 Å². The summed E-state index contributed by atoms with van der Waals surface area (Å²) in [5, 5.41) is 4.28. The summed E-state index contributed by atoms with van der Waals surface area (Å²) in [6.07, 6.45) is -4.35. The molecule has 0 atom stereocenters. The van der Waals surface area contributed by atoms with Gasteiger partial charge in [0.2, 0.25) is 5.91 Å². The largest absolute Gasteiger partial charge is 0.484 e. The van der Waals surface area contributed by atoms with E-state index in [4.69, 9.17) is 0 Å². The van der Waals surface area contributed by atoms with Crippen molar-refractivity contribution in [3.05, 3.63) is 45.0 Å². The Morgan fingerprint density at radius 2 is 2.12 bits per heavy atom. The number of nitrogens with zero attached hydrogens (tertiary/aromatic N) is 1. The minimum Gasteiger partial charge on any atom is -0.484 e. The number of hydrogen-bond acceptors (Lipinski definition) is 4. The molecule has 0 aliphatic rings. The second kappa shape index (κ2) is 7.52. The van der Waals surface area contributed by atoms with Crippen molar-refractivity contribution in [2.24, 2.45) is 0 Å². The molecular weight excluding hydrogens is 345 g/mol. The molecule has 2 rings (SSSR count). The quantitative estimate of drug-likeness (QED) is 0.861. The first-order valence-electron chi connectivity index (χ1n) is 6.99. The van der Waals surface area contributed by atoms with Crippen molar-refractivity contribution in [3.63, 3.8) is 0 Å². The van der Waals surface area contributed by atoms with Gasteiger partial charge in [-0.15, -0.1) is 0 Å². The lowest BCUT2D eigenvalue weighted by atomic mass is 10.3. The van der Waals surface area contributed by atoms with Crippen molar-refractivity contribution in [1.82, 2.24) is 4.57 Å². The molecule has 0 aliphatic heterocycles. The first kappa shape index (κ1) is 18.1. The van der Waals surface area contributed by atoms with E-state index in [0.29, 0.717) is 5.69 Å². The molecular formula is C15H15F3N2O3S. The molecule has 5 nitrogen and oxygen atoms in total. The van der Waals surface area contributed by atoms with E-state index in [1.807, 2.05) is 0 Å². The van der Waals surface area contributed by atoms with Crippen LogP contribution in [-0.4, -0.2) is 23.3 Å². The van der Waals surface area contributed by atoms with E-state index in [1.54, 1.807) is 18.4 Å². The van der Waals surface area contributed by atoms with Crippen LogP contribution in [0, 0.1) is 6.92 Å². The maximum Gasteiger partial charge on any atom is 0.422 e. The summed E-state index contributed by atoms with van der Waals surface area (Å²) in [4.78, 5) is 23.3. The van der Waals surface area contributed by atoms with Gasteiger partial charge >= 0.3 is 11.0 Å². The smallest absolute Gasteiger partial charge is 0.422 e. The number of rotatable bonds is 6. The number of alkyl halides is 3.